The molecule has 0 saturated carbocycles. The number of hydrogen-bond acceptors (Lipinski definition) is 6. The third-order valence-corrected chi connectivity index (χ3v) is 3.74. The molecule has 2 amide bonds. The highest BCUT2D eigenvalue weighted by Gasteiger charge is 2.25. The molecule has 0 spiro atoms. The van der Waals surface area contributed by atoms with Gasteiger partial charge >= 0.3 is 12.0 Å². The monoisotopic (exact) mass is 329 g/mol. The van der Waals surface area contributed by atoms with Crippen LogP contribution in [0.3, 0.4) is 0 Å². The first-order valence-electron chi connectivity index (χ1n) is 7.04. The van der Waals surface area contributed by atoms with E-state index in [2.05, 4.69) is 15.6 Å². The molecular weight excluding hydrogens is 306 g/mol. The number of thiazole rings is 1. The maximum atomic E-state index is 11.9. The number of carbonyl (C=O) groups excluding carboxylic acids is 2. The van der Waals surface area contributed by atoms with Gasteiger partial charge in [-0.15, -0.1) is 11.3 Å². The van der Waals surface area contributed by atoms with Gasteiger partial charge in [-0.1, -0.05) is 20.8 Å². The molecule has 0 aliphatic heterocycles. The first kappa shape index (κ1) is 18.4. The molecule has 1 rings (SSSR count). The number of carbonyl (C=O) groups is 2. The smallest absolute Gasteiger partial charge is 0.321 e. The van der Waals surface area contributed by atoms with Gasteiger partial charge in [0.05, 0.1) is 31.4 Å². The van der Waals surface area contributed by atoms with Crippen LogP contribution in [-0.4, -0.2) is 41.3 Å². The van der Waals surface area contributed by atoms with Crippen LogP contribution in [0.25, 0.3) is 0 Å². The van der Waals surface area contributed by atoms with Gasteiger partial charge in [0.2, 0.25) is 0 Å². The van der Waals surface area contributed by atoms with Crippen molar-refractivity contribution in [2.75, 3.05) is 18.5 Å². The van der Waals surface area contributed by atoms with Gasteiger partial charge in [-0.05, 0) is 12.3 Å². The predicted octanol–water partition coefficient (Wildman–Crippen LogP) is 1.78. The van der Waals surface area contributed by atoms with Gasteiger partial charge in [0, 0.05) is 5.38 Å². The second-order valence-electron chi connectivity index (χ2n) is 5.83. The van der Waals surface area contributed by atoms with E-state index in [1.54, 1.807) is 12.3 Å². The van der Waals surface area contributed by atoms with Crippen molar-refractivity contribution >= 4 is 28.5 Å². The fourth-order valence-electron chi connectivity index (χ4n) is 1.63. The molecule has 0 aliphatic rings. The quantitative estimate of drug-likeness (QED) is 0.691. The lowest BCUT2D eigenvalue weighted by Crippen LogP contribution is -2.47. The fraction of sp³-hybridized carbons (Fsp3) is 0.643. The van der Waals surface area contributed by atoms with E-state index in [4.69, 9.17) is 4.74 Å². The van der Waals surface area contributed by atoms with Crippen LogP contribution in [-0.2, 0) is 16.0 Å². The summed E-state index contributed by atoms with van der Waals surface area (Å²) in [6.07, 6.45) is 0.0783. The third-order valence-electron chi connectivity index (χ3n) is 2.94. The Bertz CT molecular complexity index is 510. The van der Waals surface area contributed by atoms with Gasteiger partial charge in [0.1, 0.15) is 0 Å². The minimum atomic E-state index is -0.439. The van der Waals surface area contributed by atoms with Gasteiger partial charge in [0.15, 0.2) is 5.13 Å². The van der Waals surface area contributed by atoms with Gasteiger partial charge in [-0.3, -0.25) is 10.1 Å². The molecule has 0 unspecified atom stereocenters. The Morgan fingerprint density at radius 2 is 2.14 bits per heavy atom. The van der Waals surface area contributed by atoms with Crippen LogP contribution in [0.15, 0.2) is 5.38 Å². The zero-order valence-corrected chi connectivity index (χ0v) is 14.1. The molecule has 7 nitrogen and oxygen atoms in total. The third kappa shape index (κ3) is 5.98. The standard InChI is InChI=1S/C14H23N3O4S/c1-5-21-11(19)6-9-8-22-13(15-9)17-12(20)16-10(7-18)14(2,3)4/h8,10,18H,5-7H2,1-4H3,(H2,15,16,17,20)/t10-/m0/s1. The van der Waals surface area contributed by atoms with Crippen LogP contribution in [0.4, 0.5) is 9.93 Å². The number of aliphatic hydroxyl groups is 1. The zero-order chi connectivity index (χ0) is 16.8. The van der Waals surface area contributed by atoms with E-state index in [1.807, 2.05) is 20.8 Å². The number of nitrogens with zero attached hydrogens (tertiary/aromatic N) is 1. The average molecular weight is 329 g/mol. The maximum absolute atomic E-state index is 11.9. The molecule has 3 N–H and O–H groups in total. The minimum Gasteiger partial charge on any atom is -0.466 e. The summed E-state index contributed by atoms with van der Waals surface area (Å²) in [5.41, 5.74) is 0.289. The number of amides is 2. The number of hydrogen-bond donors (Lipinski definition) is 3. The topological polar surface area (TPSA) is 101 Å². The molecule has 8 heteroatoms. The van der Waals surface area contributed by atoms with Crippen LogP contribution in [0.5, 0.6) is 0 Å². The van der Waals surface area contributed by atoms with Crippen molar-refractivity contribution in [2.24, 2.45) is 5.41 Å². The van der Waals surface area contributed by atoms with E-state index in [0.717, 1.165) is 0 Å². The number of esters is 1. The normalized spacial score (nSPS) is 12.6. The number of aromatic nitrogens is 1. The Hall–Kier alpha value is -1.67. The lowest BCUT2D eigenvalue weighted by atomic mass is 9.87. The molecule has 1 aromatic rings. The van der Waals surface area contributed by atoms with Gasteiger partial charge < -0.3 is 15.2 Å². The highest BCUT2D eigenvalue weighted by Crippen LogP contribution is 2.20. The summed E-state index contributed by atoms with van der Waals surface area (Å²) >= 11 is 1.23. The van der Waals surface area contributed by atoms with E-state index in [9.17, 15) is 14.7 Å². The Morgan fingerprint density at radius 3 is 2.68 bits per heavy atom. The Balaban J connectivity index is 2.55. The van der Waals surface area contributed by atoms with Crippen molar-refractivity contribution in [2.45, 2.75) is 40.2 Å². The summed E-state index contributed by atoms with van der Waals surface area (Å²) in [6, 6.07) is -0.808. The Labute approximate surface area is 134 Å². The molecule has 1 heterocycles. The lowest BCUT2D eigenvalue weighted by Gasteiger charge is -2.29. The van der Waals surface area contributed by atoms with E-state index in [1.165, 1.54) is 11.3 Å². The number of rotatable bonds is 6. The van der Waals surface area contributed by atoms with Crippen LogP contribution in [0.1, 0.15) is 33.4 Å². The number of ether oxygens (including phenoxy) is 1. The van der Waals surface area contributed by atoms with Crippen molar-refractivity contribution in [3.05, 3.63) is 11.1 Å². The Kier molecular flexibility index (Phi) is 6.76. The van der Waals surface area contributed by atoms with Crippen molar-refractivity contribution in [3.8, 4) is 0 Å². The molecule has 1 atom stereocenters. The first-order chi connectivity index (χ1) is 10.3. The molecule has 0 aliphatic carbocycles. The van der Waals surface area contributed by atoms with Gasteiger partial charge in [-0.25, -0.2) is 9.78 Å². The van der Waals surface area contributed by atoms with Gasteiger partial charge in [0.25, 0.3) is 0 Å². The van der Waals surface area contributed by atoms with Gasteiger partial charge in [-0.2, -0.15) is 0 Å². The molecular formula is C14H23N3O4S. The second kappa shape index (κ2) is 8.09. The largest absolute Gasteiger partial charge is 0.466 e. The van der Waals surface area contributed by atoms with Crippen LogP contribution in [0.2, 0.25) is 0 Å². The van der Waals surface area contributed by atoms with Crippen molar-refractivity contribution in [1.82, 2.24) is 10.3 Å². The summed E-state index contributed by atoms with van der Waals surface area (Å²) in [5, 5.41) is 16.7. The summed E-state index contributed by atoms with van der Waals surface area (Å²) in [6.45, 7) is 7.69. The summed E-state index contributed by atoms with van der Waals surface area (Å²) < 4.78 is 4.84. The molecule has 0 bridgehead atoms. The van der Waals surface area contributed by atoms with Crippen LogP contribution >= 0.6 is 11.3 Å². The van der Waals surface area contributed by atoms with Crippen molar-refractivity contribution in [3.63, 3.8) is 0 Å². The molecule has 0 fully saturated rings. The fourth-order valence-corrected chi connectivity index (χ4v) is 2.34. The number of urea groups is 1. The highest BCUT2D eigenvalue weighted by molar-refractivity contribution is 7.13. The Morgan fingerprint density at radius 1 is 1.45 bits per heavy atom. The SMILES string of the molecule is CCOC(=O)Cc1csc(NC(=O)N[C@@H](CO)C(C)(C)C)n1. The van der Waals surface area contributed by atoms with E-state index in [-0.39, 0.29) is 30.5 Å². The number of nitrogens with one attached hydrogen (secondary N) is 2. The lowest BCUT2D eigenvalue weighted by molar-refractivity contribution is -0.142. The predicted molar refractivity (Wildman–Crippen MR) is 84.9 cm³/mol. The molecule has 1 aromatic heterocycles. The first-order valence-corrected chi connectivity index (χ1v) is 7.92. The van der Waals surface area contributed by atoms with Crippen molar-refractivity contribution < 1.29 is 19.4 Å². The maximum Gasteiger partial charge on any atom is 0.321 e. The molecule has 0 saturated heterocycles. The van der Waals surface area contributed by atoms with Crippen molar-refractivity contribution in [1.29, 1.82) is 0 Å². The molecule has 0 radical (unpaired) electrons. The summed E-state index contributed by atoms with van der Waals surface area (Å²) in [7, 11) is 0. The summed E-state index contributed by atoms with van der Waals surface area (Å²) in [4.78, 5) is 27.4. The number of anilines is 1. The molecule has 22 heavy (non-hydrogen) atoms. The molecule has 0 aromatic carbocycles. The van der Waals surface area contributed by atoms with E-state index in [0.29, 0.717) is 17.4 Å². The highest BCUT2D eigenvalue weighted by atomic mass is 32.1. The van der Waals surface area contributed by atoms with E-state index >= 15 is 0 Å². The molecule has 124 valence electrons. The second-order valence-corrected chi connectivity index (χ2v) is 6.68. The summed E-state index contributed by atoms with van der Waals surface area (Å²) in [5.74, 6) is -0.350. The average Bonchev–Trinajstić information content (AvgIpc) is 2.81. The zero-order valence-electron chi connectivity index (χ0n) is 13.3. The minimum absolute atomic E-state index is 0.0783. The van der Waals surface area contributed by atoms with Crippen LogP contribution in [0, 0.1) is 5.41 Å². The van der Waals surface area contributed by atoms with Crippen LogP contribution < -0.4 is 10.6 Å². The van der Waals surface area contributed by atoms with E-state index < -0.39 is 6.03 Å². The number of aliphatic hydroxyl groups excluding tert-OH is 1.